The Morgan fingerprint density at radius 2 is 2.24 bits per heavy atom. The summed E-state index contributed by atoms with van der Waals surface area (Å²) in [6, 6.07) is 8.07. The van der Waals surface area contributed by atoms with Crippen molar-refractivity contribution in [3.8, 4) is 0 Å². The van der Waals surface area contributed by atoms with Crippen LogP contribution in [0.15, 0.2) is 24.3 Å². The second kappa shape index (κ2) is 5.21. The number of rotatable bonds is 4. The van der Waals surface area contributed by atoms with Gasteiger partial charge in [-0.2, -0.15) is 0 Å². The Morgan fingerprint density at radius 3 is 2.94 bits per heavy atom. The Hall–Kier alpha value is -1.51. The zero-order valence-corrected chi connectivity index (χ0v) is 10.6. The molecule has 1 aromatic carbocycles. The number of fused-ring (bicyclic) bond motifs is 1. The largest absolute Gasteiger partial charge is 0.373 e. The summed E-state index contributed by atoms with van der Waals surface area (Å²) in [5.74, 6) is 0.203. The Labute approximate surface area is 103 Å². The van der Waals surface area contributed by atoms with Crippen LogP contribution in [-0.4, -0.2) is 30.4 Å². The molecular weight excluding hydrogens is 212 g/mol. The zero-order chi connectivity index (χ0) is 12.3. The Kier molecular flexibility index (Phi) is 3.67. The van der Waals surface area contributed by atoms with Gasteiger partial charge in [-0.1, -0.05) is 31.5 Å². The minimum Gasteiger partial charge on any atom is -0.373 e. The van der Waals surface area contributed by atoms with Gasteiger partial charge in [0.25, 0.3) is 0 Å². The summed E-state index contributed by atoms with van der Waals surface area (Å²) >= 11 is 0. The minimum absolute atomic E-state index is 0.0748. The van der Waals surface area contributed by atoms with Crippen molar-refractivity contribution >= 4 is 11.6 Å². The van der Waals surface area contributed by atoms with Gasteiger partial charge < -0.3 is 10.2 Å². The number of carbonyl (C=O) groups excluding carboxylic acids is 1. The van der Waals surface area contributed by atoms with E-state index >= 15 is 0 Å². The first-order valence-electron chi connectivity index (χ1n) is 6.31. The monoisotopic (exact) mass is 232 g/mol. The highest BCUT2D eigenvalue weighted by Gasteiger charge is 2.28. The molecule has 17 heavy (non-hydrogen) atoms. The molecular formula is C14H20N2O. The first-order valence-corrected chi connectivity index (χ1v) is 6.31. The molecule has 1 amide bonds. The summed E-state index contributed by atoms with van der Waals surface area (Å²) < 4.78 is 0. The molecule has 3 heteroatoms. The van der Waals surface area contributed by atoms with E-state index in [-0.39, 0.29) is 11.9 Å². The number of hydrogen-bond acceptors (Lipinski definition) is 2. The topological polar surface area (TPSA) is 32.3 Å². The molecule has 0 spiro atoms. The number of nitrogens with one attached hydrogen (secondary N) is 1. The van der Waals surface area contributed by atoms with Crippen LogP contribution < -0.4 is 5.32 Å². The number of benzene rings is 1. The summed E-state index contributed by atoms with van der Waals surface area (Å²) in [6.07, 6.45) is 3.00. The van der Waals surface area contributed by atoms with Crippen LogP contribution in [0.2, 0.25) is 0 Å². The van der Waals surface area contributed by atoms with Crippen LogP contribution in [0.25, 0.3) is 0 Å². The molecule has 0 aromatic heterocycles. The third kappa shape index (κ3) is 2.60. The first kappa shape index (κ1) is 12.0. The van der Waals surface area contributed by atoms with Gasteiger partial charge in [0, 0.05) is 25.7 Å². The average molecular weight is 232 g/mol. The van der Waals surface area contributed by atoms with Crippen LogP contribution in [-0.2, 0) is 11.2 Å². The van der Waals surface area contributed by atoms with Crippen molar-refractivity contribution in [1.82, 2.24) is 4.90 Å². The predicted molar refractivity (Wildman–Crippen MR) is 70.1 cm³/mol. The maximum absolute atomic E-state index is 12.2. The minimum atomic E-state index is -0.0748. The van der Waals surface area contributed by atoms with E-state index in [0.717, 1.165) is 31.5 Å². The molecule has 1 aliphatic rings. The fraction of sp³-hybridized carbons (Fsp3) is 0.500. The predicted octanol–water partition coefficient (Wildman–Crippen LogP) is 2.28. The fourth-order valence-electron chi connectivity index (χ4n) is 2.22. The maximum atomic E-state index is 12.2. The first-order chi connectivity index (χ1) is 8.22. The molecule has 1 N–H and O–H groups in total. The molecule has 0 aliphatic carbocycles. The second-order valence-corrected chi connectivity index (χ2v) is 4.67. The lowest BCUT2D eigenvalue weighted by molar-refractivity contribution is -0.130. The highest BCUT2D eigenvalue weighted by molar-refractivity contribution is 5.87. The van der Waals surface area contributed by atoms with Gasteiger partial charge in [0.1, 0.15) is 6.04 Å². The standard InChI is InChI=1S/C14H20N2O/c1-3-4-9-16(2)14(17)13-10-11-7-5-6-8-12(11)15-13/h5-8,13,15H,3-4,9-10H2,1-2H3/t13-/m0/s1. The van der Waals surface area contributed by atoms with Crippen LogP contribution in [0.1, 0.15) is 25.3 Å². The number of anilines is 1. The summed E-state index contributed by atoms with van der Waals surface area (Å²) in [5, 5.41) is 3.30. The van der Waals surface area contributed by atoms with Crippen molar-refractivity contribution in [2.24, 2.45) is 0 Å². The van der Waals surface area contributed by atoms with E-state index in [1.807, 2.05) is 30.1 Å². The number of likely N-dealkylation sites (N-methyl/N-ethyl adjacent to an activating group) is 1. The van der Waals surface area contributed by atoms with Crippen LogP contribution in [0.5, 0.6) is 0 Å². The molecule has 0 fully saturated rings. The molecule has 92 valence electrons. The van der Waals surface area contributed by atoms with E-state index in [1.165, 1.54) is 5.56 Å². The molecule has 0 bridgehead atoms. The quantitative estimate of drug-likeness (QED) is 0.863. The van der Waals surface area contributed by atoms with Gasteiger partial charge in [-0.3, -0.25) is 4.79 Å². The van der Waals surface area contributed by atoms with Crippen molar-refractivity contribution in [1.29, 1.82) is 0 Å². The van der Waals surface area contributed by atoms with Gasteiger partial charge in [-0.15, -0.1) is 0 Å². The fourth-order valence-corrected chi connectivity index (χ4v) is 2.22. The molecule has 0 saturated heterocycles. The van der Waals surface area contributed by atoms with Crippen molar-refractivity contribution in [2.45, 2.75) is 32.2 Å². The molecule has 0 radical (unpaired) electrons. The van der Waals surface area contributed by atoms with Crippen LogP contribution in [0.3, 0.4) is 0 Å². The van der Waals surface area contributed by atoms with E-state index in [4.69, 9.17) is 0 Å². The summed E-state index contributed by atoms with van der Waals surface area (Å²) in [5.41, 5.74) is 2.35. The van der Waals surface area contributed by atoms with Crippen molar-refractivity contribution in [2.75, 3.05) is 18.9 Å². The number of hydrogen-bond donors (Lipinski definition) is 1. The molecule has 1 heterocycles. The maximum Gasteiger partial charge on any atom is 0.245 e. The van der Waals surface area contributed by atoms with Crippen LogP contribution in [0, 0.1) is 0 Å². The molecule has 1 aliphatic heterocycles. The van der Waals surface area contributed by atoms with Crippen molar-refractivity contribution in [3.63, 3.8) is 0 Å². The SMILES string of the molecule is CCCCN(C)C(=O)[C@@H]1Cc2ccccc2N1. The summed E-state index contributed by atoms with van der Waals surface area (Å²) in [6.45, 7) is 2.99. The number of unbranched alkanes of at least 4 members (excludes halogenated alkanes) is 1. The van der Waals surface area contributed by atoms with E-state index in [9.17, 15) is 4.79 Å². The van der Waals surface area contributed by atoms with Gasteiger partial charge in [-0.25, -0.2) is 0 Å². The molecule has 1 aromatic rings. The lowest BCUT2D eigenvalue weighted by Gasteiger charge is -2.21. The van der Waals surface area contributed by atoms with Gasteiger partial charge in [0.05, 0.1) is 0 Å². The third-order valence-corrected chi connectivity index (χ3v) is 3.29. The number of para-hydroxylation sites is 1. The van der Waals surface area contributed by atoms with Crippen LogP contribution >= 0.6 is 0 Å². The van der Waals surface area contributed by atoms with E-state index in [1.54, 1.807) is 0 Å². The number of carbonyl (C=O) groups is 1. The lowest BCUT2D eigenvalue weighted by Crippen LogP contribution is -2.40. The highest BCUT2D eigenvalue weighted by Crippen LogP contribution is 2.25. The highest BCUT2D eigenvalue weighted by atomic mass is 16.2. The summed E-state index contributed by atoms with van der Waals surface area (Å²) in [4.78, 5) is 14.0. The third-order valence-electron chi connectivity index (χ3n) is 3.29. The molecule has 0 saturated carbocycles. The number of nitrogens with zero attached hydrogens (tertiary/aromatic N) is 1. The normalized spacial score (nSPS) is 17.4. The Bertz CT molecular complexity index is 378. The van der Waals surface area contributed by atoms with Gasteiger partial charge in [0.2, 0.25) is 5.91 Å². The van der Waals surface area contributed by atoms with Gasteiger partial charge >= 0.3 is 0 Å². The van der Waals surface area contributed by atoms with Crippen LogP contribution in [0.4, 0.5) is 5.69 Å². The molecule has 2 rings (SSSR count). The van der Waals surface area contributed by atoms with E-state index in [2.05, 4.69) is 18.3 Å². The Balaban J connectivity index is 1.96. The molecule has 1 atom stereocenters. The average Bonchev–Trinajstić information content (AvgIpc) is 2.78. The molecule has 0 unspecified atom stereocenters. The van der Waals surface area contributed by atoms with Gasteiger partial charge in [-0.05, 0) is 18.1 Å². The van der Waals surface area contributed by atoms with E-state index in [0.29, 0.717) is 0 Å². The molecule has 3 nitrogen and oxygen atoms in total. The number of amides is 1. The van der Waals surface area contributed by atoms with E-state index < -0.39 is 0 Å². The van der Waals surface area contributed by atoms with Crippen molar-refractivity contribution < 1.29 is 4.79 Å². The Morgan fingerprint density at radius 1 is 1.47 bits per heavy atom. The summed E-state index contributed by atoms with van der Waals surface area (Å²) in [7, 11) is 1.89. The second-order valence-electron chi connectivity index (χ2n) is 4.67. The zero-order valence-electron chi connectivity index (χ0n) is 10.6. The van der Waals surface area contributed by atoms with Gasteiger partial charge in [0.15, 0.2) is 0 Å². The van der Waals surface area contributed by atoms with Crippen molar-refractivity contribution in [3.05, 3.63) is 29.8 Å². The lowest BCUT2D eigenvalue weighted by atomic mass is 10.1. The smallest absolute Gasteiger partial charge is 0.245 e.